The second kappa shape index (κ2) is 4.10. The van der Waals surface area contributed by atoms with Gasteiger partial charge in [-0.15, -0.1) is 0 Å². The molecule has 1 rings (SSSR count). The molecule has 0 aromatic heterocycles. The van der Waals surface area contributed by atoms with Crippen molar-refractivity contribution in [3.05, 3.63) is 0 Å². The first-order valence-electron chi connectivity index (χ1n) is 5.19. The van der Waals surface area contributed by atoms with E-state index in [-0.39, 0.29) is 5.97 Å². The van der Waals surface area contributed by atoms with Crippen molar-refractivity contribution in [2.24, 2.45) is 5.92 Å². The van der Waals surface area contributed by atoms with Crippen molar-refractivity contribution >= 4 is 5.97 Å². The Kier molecular flexibility index (Phi) is 3.41. The lowest BCUT2D eigenvalue weighted by atomic mass is 9.87. The monoisotopic (exact) mass is 216 g/mol. The normalized spacial score (nSPS) is 34.3. The molecule has 0 aromatic rings. The number of ether oxygens (including phenoxy) is 3. The molecule has 0 bridgehead atoms. The summed E-state index contributed by atoms with van der Waals surface area (Å²) in [5, 5.41) is 0. The van der Waals surface area contributed by atoms with Gasteiger partial charge in [-0.1, -0.05) is 13.8 Å². The summed E-state index contributed by atoms with van der Waals surface area (Å²) in [6.45, 7) is 6.41. The second-order valence-corrected chi connectivity index (χ2v) is 4.68. The summed E-state index contributed by atoms with van der Waals surface area (Å²) in [4.78, 5) is 11.7. The number of carbonyl (C=O) groups is 1. The summed E-state index contributed by atoms with van der Waals surface area (Å²) >= 11 is 0. The van der Waals surface area contributed by atoms with Gasteiger partial charge in [-0.2, -0.15) is 0 Å². The number of hydrogen-bond donors (Lipinski definition) is 0. The molecule has 2 unspecified atom stereocenters. The largest absolute Gasteiger partial charge is 0.467 e. The summed E-state index contributed by atoms with van der Waals surface area (Å²) < 4.78 is 15.5. The van der Waals surface area contributed by atoms with E-state index in [9.17, 15) is 4.79 Å². The Morgan fingerprint density at radius 1 is 1.40 bits per heavy atom. The molecule has 88 valence electrons. The van der Waals surface area contributed by atoms with Gasteiger partial charge in [-0.3, -0.25) is 0 Å². The number of hydrogen-bond acceptors (Lipinski definition) is 4. The Morgan fingerprint density at radius 2 is 2.00 bits per heavy atom. The first-order chi connectivity index (χ1) is 6.92. The maximum Gasteiger partial charge on any atom is 0.341 e. The first-order valence-corrected chi connectivity index (χ1v) is 5.19. The third-order valence-corrected chi connectivity index (χ3v) is 2.84. The summed E-state index contributed by atoms with van der Waals surface area (Å²) in [6, 6.07) is 0. The lowest BCUT2D eigenvalue weighted by Crippen LogP contribution is -2.37. The molecular formula is C11H20O4. The lowest BCUT2D eigenvalue weighted by molar-refractivity contribution is -0.147. The van der Waals surface area contributed by atoms with E-state index in [0.29, 0.717) is 18.9 Å². The van der Waals surface area contributed by atoms with E-state index in [4.69, 9.17) is 14.2 Å². The predicted octanol–water partition coefficient (Wildman–Crippen LogP) is 1.38. The van der Waals surface area contributed by atoms with Crippen LogP contribution in [0.25, 0.3) is 0 Å². The van der Waals surface area contributed by atoms with Gasteiger partial charge >= 0.3 is 5.97 Å². The van der Waals surface area contributed by atoms with Crippen molar-refractivity contribution in [3.63, 3.8) is 0 Å². The van der Waals surface area contributed by atoms with Crippen molar-refractivity contribution < 1.29 is 19.0 Å². The average Bonchev–Trinajstić information content (AvgIpc) is 2.70. The van der Waals surface area contributed by atoms with Crippen LogP contribution in [0.2, 0.25) is 0 Å². The van der Waals surface area contributed by atoms with Crippen LogP contribution in [-0.4, -0.2) is 38.0 Å². The molecule has 1 aliphatic heterocycles. The maximum atomic E-state index is 11.7. The number of methoxy groups -OCH3 is 2. The zero-order valence-corrected chi connectivity index (χ0v) is 10.1. The van der Waals surface area contributed by atoms with E-state index in [1.54, 1.807) is 7.11 Å². The smallest absolute Gasteiger partial charge is 0.341 e. The highest BCUT2D eigenvalue weighted by Gasteiger charge is 2.72. The van der Waals surface area contributed by atoms with E-state index in [1.165, 1.54) is 7.11 Å². The van der Waals surface area contributed by atoms with Gasteiger partial charge in [0, 0.05) is 7.11 Å². The summed E-state index contributed by atoms with van der Waals surface area (Å²) in [6.07, 6.45) is 0.666. The van der Waals surface area contributed by atoms with Gasteiger partial charge in [0.2, 0.25) is 0 Å². The molecule has 0 spiro atoms. The zero-order chi connectivity index (χ0) is 11.7. The molecule has 4 heteroatoms. The molecule has 4 nitrogen and oxygen atoms in total. The fourth-order valence-electron chi connectivity index (χ4n) is 2.12. The molecule has 15 heavy (non-hydrogen) atoms. The third-order valence-electron chi connectivity index (χ3n) is 2.84. The van der Waals surface area contributed by atoms with Gasteiger partial charge < -0.3 is 14.2 Å². The van der Waals surface area contributed by atoms with E-state index < -0.39 is 11.2 Å². The molecule has 0 N–H and O–H groups in total. The van der Waals surface area contributed by atoms with Crippen molar-refractivity contribution in [1.29, 1.82) is 0 Å². The fraction of sp³-hybridized carbons (Fsp3) is 0.909. The standard InChI is InChI=1S/C11H20O4/c1-8(2)6-11(9(12)14-5)10(3,15-11)7-13-4/h8H,6-7H2,1-5H3. The van der Waals surface area contributed by atoms with Crippen LogP contribution in [-0.2, 0) is 19.0 Å². The van der Waals surface area contributed by atoms with Crippen molar-refractivity contribution in [2.75, 3.05) is 20.8 Å². The van der Waals surface area contributed by atoms with Gasteiger partial charge in [0.25, 0.3) is 0 Å². The molecule has 0 amide bonds. The highest BCUT2D eigenvalue weighted by molar-refractivity contribution is 5.84. The second-order valence-electron chi connectivity index (χ2n) is 4.68. The topological polar surface area (TPSA) is 48.1 Å². The lowest BCUT2D eigenvalue weighted by Gasteiger charge is -2.16. The summed E-state index contributed by atoms with van der Waals surface area (Å²) in [7, 11) is 2.99. The fourth-order valence-corrected chi connectivity index (χ4v) is 2.12. The predicted molar refractivity (Wildman–Crippen MR) is 55.6 cm³/mol. The van der Waals surface area contributed by atoms with Crippen LogP contribution < -0.4 is 0 Å². The highest BCUT2D eigenvalue weighted by Crippen LogP contribution is 2.52. The van der Waals surface area contributed by atoms with E-state index in [2.05, 4.69) is 13.8 Å². The number of epoxide rings is 1. The molecular weight excluding hydrogens is 196 g/mol. The van der Waals surface area contributed by atoms with E-state index in [0.717, 1.165) is 0 Å². The molecule has 1 saturated heterocycles. The third kappa shape index (κ3) is 2.01. The van der Waals surface area contributed by atoms with Gasteiger partial charge in [-0.05, 0) is 19.3 Å². The first kappa shape index (κ1) is 12.5. The summed E-state index contributed by atoms with van der Waals surface area (Å²) in [5.41, 5.74) is -1.33. The average molecular weight is 216 g/mol. The van der Waals surface area contributed by atoms with Gasteiger partial charge in [0.05, 0.1) is 13.7 Å². The SMILES string of the molecule is COCC1(C)OC1(CC(C)C)C(=O)OC. The van der Waals surface area contributed by atoms with Crippen LogP contribution >= 0.6 is 0 Å². The number of rotatable bonds is 5. The van der Waals surface area contributed by atoms with Crippen molar-refractivity contribution in [2.45, 2.75) is 38.4 Å². The van der Waals surface area contributed by atoms with Crippen molar-refractivity contribution in [3.8, 4) is 0 Å². The van der Waals surface area contributed by atoms with Crippen LogP contribution in [0.15, 0.2) is 0 Å². The molecule has 1 heterocycles. The Balaban J connectivity index is 2.79. The van der Waals surface area contributed by atoms with Crippen LogP contribution in [0.1, 0.15) is 27.2 Å². The summed E-state index contributed by atoms with van der Waals surface area (Å²) in [5.74, 6) is 0.0820. The van der Waals surface area contributed by atoms with Crippen molar-refractivity contribution in [1.82, 2.24) is 0 Å². The van der Waals surface area contributed by atoms with Crippen LogP contribution in [0.4, 0.5) is 0 Å². The molecule has 0 aliphatic carbocycles. The van der Waals surface area contributed by atoms with Crippen LogP contribution in [0.5, 0.6) is 0 Å². The van der Waals surface area contributed by atoms with Gasteiger partial charge in [0.1, 0.15) is 5.60 Å². The van der Waals surface area contributed by atoms with Crippen LogP contribution in [0.3, 0.4) is 0 Å². The van der Waals surface area contributed by atoms with Crippen LogP contribution in [0, 0.1) is 5.92 Å². The minimum atomic E-state index is -0.800. The quantitative estimate of drug-likeness (QED) is 0.514. The minimum absolute atomic E-state index is 0.296. The van der Waals surface area contributed by atoms with E-state index in [1.807, 2.05) is 6.92 Å². The molecule has 2 atom stereocenters. The molecule has 1 fully saturated rings. The zero-order valence-electron chi connectivity index (χ0n) is 10.1. The number of carbonyl (C=O) groups excluding carboxylic acids is 1. The molecule has 0 saturated carbocycles. The molecule has 0 radical (unpaired) electrons. The minimum Gasteiger partial charge on any atom is -0.467 e. The van der Waals surface area contributed by atoms with Gasteiger partial charge in [0.15, 0.2) is 5.60 Å². The molecule has 1 aliphatic rings. The molecule has 0 aromatic carbocycles. The Morgan fingerprint density at radius 3 is 2.40 bits per heavy atom. The van der Waals surface area contributed by atoms with E-state index >= 15 is 0 Å². The maximum absolute atomic E-state index is 11.7. The number of esters is 1. The Hall–Kier alpha value is -0.610. The Bertz CT molecular complexity index is 251. The van der Waals surface area contributed by atoms with Gasteiger partial charge in [-0.25, -0.2) is 4.79 Å². The highest BCUT2D eigenvalue weighted by atomic mass is 16.7. The Labute approximate surface area is 90.9 Å².